The number of carbonyl (C=O) groups is 1. The van der Waals surface area contributed by atoms with Crippen LogP contribution in [0.5, 0.6) is 0 Å². The van der Waals surface area contributed by atoms with Gasteiger partial charge in [-0.05, 0) is 37.1 Å². The van der Waals surface area contributed by atoms with Gasteiger partial charge in [0, 0.05) is 12.2 Å². The largest absolute Gasteiger partial charge is 0.463 e. The summed E-state index contributed by atoms with van der Waals surface area (Å²) < 4.78 is 44.6. The van der Waals surface area contributed by atoms with Gasteiger partial charge in [-0.3, -0.25) is 4.79 Å². The zero-order valence-corrected chi connectivity index (χ0v) is 17.0. The molecule has 158 valence electrons. The maximum Gasteiger partial charge on any atom is 0.433 e. The third kappa shape index (κ3) is 6.09. The molecule has 0 aliphatic heterocycles. The predicted octanol–water partition coefficient (Wildman–Crippen LogP) is 5.51. The van der Waals surface area contributed by atoms with E-state index in [9.17, 15) is 18.0 Å². The number of aromatic nitrogens is 2. The number of nitrogens with one attached hydrogen (secondary N) is 1. The van der Waals surface area contributed by atoms with Crippen molar-refractivity contribution in [1.82, 2.24) is 15.3 Å². The van der Waals surface area contributed by atoms with Crippen LogP contribution in [0, 0.1) is 0 Å². The number of carbonyl (C=O) groups excluding carboxylic acids is 1. The van der Waals surface area contributed by atoms with Crippen molar-refractivity contribution in [1.29, 1.82) is 0 Å². The third-order valence-electron chi connectivity index (χ3n) is 4.23. The first kappa shape index (κ1) is 21.9. The Morgan fingerprint density at radius 2 is 1.93 bits per heavy atom. The summed E-state index contributed by atoms with van der Waals surface area (Å²) in [5.74, 6) is 0.527. The Morgan fingerprint density at radius 1 is 1.17 bits per heavy atom. The number of alkyl halides is 3. The number of halogens is 3. The SMILES string of the molecule is C[C@H](NC(=O)CCCSc1nc(-c2ccco2)cc(C(F)(F)F)n1)c1ccccc1. The van der Waals surface area contributed by atoms with Gasteiger partial charge in [0.1, 0.15) is 11.4 Å². The van der Waals surface area contributed by atoms with E-state index in [2.05, 4.69) is 15.3 Å². The molecule has 1 N–H and O–H groups in total. The number of nitrogens with zero attached hydrogens (tertiary/aromatic N) is 2. The predicted molar refractivity (Wildman–Crippen MR) is 108 cm³/mol. The highest BCUT2D eigenvalue weighted by Gasteiger charge is 2.34. The molecule has 0 saturated heterocycles. The van der Waals surface area contributed by atoms with E-state index in [0.717, 1.165) is 23.4 Å². The topological polar surface area (TPSA) is 68.0 Å². The van der Waals surface area contributed by atoms with Crippen molar-refractivity contribution >= 4 is 17.7 Å². The highest BCUT2D eigenvalue weighted by molar-refractivity contribution is 7.99. The highest BCUT2D eigenvalue weighted by atomic mass is 32.2. The summed E-state index contributed by atoms with van der Waals surface area (Å²) in [7, 11) is 0. The number of thioether (sulfide) groups is 1. The van der Waals surface area contributed by atoms with Gasteiger partial charge in [-0.1, -0.05) is 42.1 Å². The van der Waals surface area contributed by atoms with E-state index < -0.39 is 11.9 Å². The van der Waals surface area contributed by atoms with Crippen LogP contribution in [0.25, 0.3) is 11.5 Å². The molecule has 0 spiro atoms. The summed E-state index contributed by atoms with van der Waals surface area (Å²) in [6.45, 7) is 1.90. The van der Waals surface area contributed by atoms with Crippen LogP contribution >= 0.6 is 11.8 Å². The zero-order chi connectivity index (χ0) is 21.6. The molecule has 30 heavy (non-hydrogen) atoms. The van der Waals surface area contributed by atoms with Crippen molar-refractivity contribution in [2.24, 2.45) is 0 Å². The summed E-state index contributed by atoms with van der Waals surface area (Å²) in [5, 5.41) is 2.91. The summed E-state index contributed by atoms with van der Waals surface area (Å²) in [5.41, 5.74) is 0.0446. The van der Waals surface area contributed by atoms with Crippen molar-refractivity contribution < 1.29 is 22.4 Å². The van der Waals surface area contributed by atoms with Crippen molar-refractivity contribution in [3.63, 3.8) is 0 Å². The monoisotopic (exact) mass is 435 g/mol. The minimum absolute atomic E-state index is 0.00529. The summed E-state index contributed by atoms with van der Waals surface area (Å²) in [6, 6.07) is 13.4. The molecule has 1 aromatic carbocycles. The lowest BCUT2D eigenvalue weighted by molar-refractivity contribution is -0.141. The van der Waals surface area contributed by atoms with Gasteiger partial charge >= 0.3 is 6.18 Å². The molecule has 2 heterocycles. The second-order valence-electron chi connectivity index (χ2n) is 6.55. The second-order valence-corrected chi connectivity index (χ2v) is 7.61. The van der Waals surface area contributed by atoms with Gasteiger partial charge < -0.3 is 9.73 Å². The van der Waals surface area contributed by atoms with Gasteiger partial charge in [-0.2, -0.15) is 13.2 Å². The van der Waals surface area contributed by atoms with E-state index in [-0.39, 0.29) is 35.0 Å². The molecule has 0 bridgehead atoms. The molecule has 0 saturated carbocycles. The molecule has 0 radical (unpaired) electrons. The lowest BCUT2D eigenvalue weighted by atomic mass is 10.1. The second kappa shape index (κ2) is 9.80. The van der Waals surface area contributed by atoms with Crippen LogP contribution in [0.2, 0.25) is 0 Å². The first-order chi connectivity index (χ1) is 14.3. The number of amides is 1. The zero-order valence-electron chi connectivity index (χ0n) is 16.1. The molecule has 3 aromatic rings. The first-order valence-corrected chi connectivity index (χ1v) is 10.3. The molecule has 2 aromatic heterocycles. The van der Waals surface area contributed by atoms with E-state index in [1.54, 1.807) is 6.07 Å². The molecule has 0 aliphatic rings. The summed E-state index contributed by atoms with van der Waals surface area (Å²) >= 11 is 1.08. The molecular weight excluding hydrogens is 415 g/mol. The number of rotatable bonds is 8. The van der Waals surface area contributed by atoms with Crippen LogP contribution in [0.1, 0.15) is 37.1 Å². The Hall–Kier alpha value is -2.81. The molecule has 3 rings (SSSR count). The van der Waals surface area contributed by atoms with Crippen LogP contribution in [0.3, 0.4) is 0 Å². The van der Waals surface area contributed by atoms with Gasteiger partial charge in [-0.25, -0.2) is 9.97 Å². The smallest absolute Gasteiger partial charge is 0.433 e. The van der Waals surface area contributed by atoms with E-state index in [1.807, 2.05) is 37.3 Å². The first-order valence-electron chi connectivity index (χ1n) is 9.30. The van der Waals surface area contributed by atoms with Crippen LogP contribution in [0.4, 0.5) is 13.2 Å². The van der Waals surface area contributed by atoms with Crippen LogP contribution in [-0.4, -0.2) is 21.6 Å². The Balaban J connectivity index is 1.55. The summed E-state index contributed by atoms with van der Waals surface area (Å²) in [6.07, 6.45) is -2.48. The van der Waals surface area contributed by atoms with Crippen molar-refractivity contribution in [2.45, 2.75) is 37.1 Å². The lowest BCUT2D eigenvalue weighted by Gasteiger charge is -2.14. The maximum absolute atomic E-state index is 13.2. The average molecular weight is 435 g/mol. The molecule has 0 unspecified atom stereocenters. The fourth-order valence-electron chi connectivity index (χ4n) is 2.72. The quantitative estimate of drug-likeness (QED) is 0.287. The minimum atomic E-state index is -4.59. The Bertz CT molecular complexity index is 963. The van der Waals surface area contributed by atoms with Gasteiger partial charge in [-0.15, -0.1) is 0 Å². The van der Waals surface area contributed by atoms with E-state index in [0.29, 0.717) is 12.2 Å². The molecule has 0 fully saturated rings. The van der Waals surface area contributed by atoms with Gasteiger partial charge in [0.05, 0.1) is 12.3 Å². The third-order valence-corrected chi connectivity index (χ3v) is 5.16. The minimum Gasteiger partial charge on any atom is -0.463 e. The summed E-state index contributed by atoms with van der Waals surface area (Å²) in [4.78, 5) is 19.9. The van der Waals surface area contributed by atoms with E-state index >= 15 is 0 Å². The molecule has 5 nitrogen and oxygen atoms in total. The van der Waals surface area contributed by atoms with Gasteiger partial charge in [0.2, 0.25) is 5.91 Å². The average Bonchev–Trinajstić information content (AvgIpc) is 3.26. The number of hydrogen-bond acceptors (Lipinski definition) is 5. The Labute approximate surface area is 176 Å². The number of furan rings is 1. The van der Waals surface area contributed by atoms with Crippen LogP contribution in [0.15, 0.2) is 64.4 Å². The Morgan fingerprint density at radius 3 is 2.60 bits per heavy atom. The van der Waals surface area contributed by atoms with Crippen LogP contribution < -0.4 is 5.32 Å². The maximum atomic E-state index is 13.2. The number of hydrogen-bond donors (Lipinski definition) is 1. The fraction of sp³-hybridized carbons (Fsp3) is 0.286. The fourth-order valence-corrected chi connectivity index (χ4v) is 3.52. The van der Waals surface area contributed by atoms with Crippen molar-refractivity contribution in [3.8, 4) is 11.5 Å². The van der Waals surface area contributed by atoms with E-state index in [1.165, 1.54) is 12.3 Å². The van der Waals surface area contributed by atoms with Gasteiger partial charge in [0.15, 0.2) is 10.9 Å². The standard InChI is InChI=1S/C21H20F3N3O2S/c1-14(15-7-3-2-4-8-15)25-19(28)10-6-12-30-20-26-16(17-9-5-11-29-17)13-18(27-20)21(22,23)24/h2-5,7-9,11,13-14H,6,10,12H2,1H3,(H,25,28)/t14-/m0/s1. The molecule has 9 heteroatoms. The molecule has 1 atom stereocenters. The van der Waals surface area contributed by atoms with E-state index in [4.69, 9.17) is 4.42 Å². The Kier molecular flexibility index (Phi) is 7.15. The number of benzene rings is 1. The van der Waals surface area contributed by atoms with Gasteiger partial charge in [0.25, 0.3) is 0 Å². The van der Waals surface area contributed by atoms with Crippen molar-refractivity contribution in [2.75, 3.05) is 5.75 Å². The molecule has 1 amide bonds. The highest BCUT2D eigenvalue weighted by Crippen LogP contribution is 2.32. The van der Waals surface area contributed by atoms with Crippen molar-refractivity contribution in [3.05, 3.63) is 66.1 Å². The lowest BCUT2D eigenvalue weighted by Crippen LogP contribution is -2.26. The molecule has 0 aliphatic carbocycles. The molecular formula is C21H20F3N3O2S. The normalized spacial score (nSPS) is 12.5. The van der Waals surface area contributed by atoms with Crippen LogP contribution in [-0.2, 0) is 11.0 Å².